The number of nitrogens with zero attached hydrogens (tertiary/aromatic N) is 2. The maximum absolute atomic E-state index is 12.8. The van der Waals surface area contributed by atoms with Gasteiger partial charge in [-0.1, -0.05) is 6.92 Å². The molecule has 23 heavy (non-hydrogen) atoms. The largest absolute Gasteiger partial charge is 0.496 e. The first kappa shape index (κ1) is 17.8. The van der Waals surface area contributed by atoms with E-state index in [1.54, 1.807) is 7.11 Å². The Bertz CT molecular complexity index is 547. The minimum atomic E-state index is 0.0378. The van der Waals surface area contributed by atoms with Crippen LogP contribution in [0.25, 0.3) is 0 Å². The van der Waals surface area contributed by atoms with Crippen LogP contribution in [-0.2, 0) is 0 Å². The van der Waals surface area contributed by atoms with Gasteiger partial charge in [-0.05, 0) is 50.2 Å². The highest BCUT2D eigenvalue weighted by molar-refractivity contribution is 5.94. The van der Waals surface area contributed by atoms with Crippen molar-refractivity contribution >= 4 is 5.91 Å². The van der Waals surface area contributed by atoms with Crippen molar-refractivity contribution in [2.24, 2.45) is 11.8 Å². The third kappa shape index (κ3) is 4.03. The molecule has 2 rings (SSSR count). The first-order valence-corrected chi connectivity index (χ1v) is 8.23. The number of aryl methyl sites for hydroxylation is 1. The van der Waals surface area contributed by atoms with Gasteiger partial charge in [0.1, 0.15) is 5.75 Å². The Morgan fingerprint density at radius 3 is 2.65 bits per heavy atom. The summed E-state index contributed by atoms with van der Waals surface area (Å²) in [6.45, 7) is 7.41. The van der Waals surface area contributed by atoms with Gasteiger partial charge in [0.05, 0.1) is 7.11 Å². The highest BCUT2D eigenvalue weighted by atomic mass is 16.5. The second kappa shape index (κ2) is 7.79. The van der Waals surface area contributed by atoms with Crippen LogP contribution in [0.5, 0.6) is 5.75 Å². The summed E-state index contributed by atoms with van der Waals surface area (Å²) in [5.41, 5.74) is 1.64. The SMILES string of the molecule is CCN(C)C[C@@H]1CN(C(=O)c2ccc(OC)c(C)c2)C[C@@H]1CO. The fourth-order valence-electron chi connectivity index (χ4n) is 3.24. The maximum atomic E-state index is 12.8. The minimum absolute atomic E-state index is 0.0378. The number of ether oxygens (including phenoxy) is 1. The molecule has 1 fully saturated rings. The Morgan fingerprint density at radius 1 is 1.39 bits per heavy atom. The molecule has 1 amide bonds. The van der Waals surface area contributed by atoms with E-state index in [4.69, 9.17) is 4.74 Å². The van der Waals surface area contributed by atoms with Gasteiger partial charge in [0.2, 0.25) is 0 Å². The number of benzene rings is 1. The van der Waals surface area contributed by atoms with Gasteiger partial charge in [-0.2, -0.15) is 0 Å². The first-order chi connectivity index (χ1) is 11.0. The molecular formula is C18H28N2O3. The fourth-order valence-corrected chi connectivity index (χ4v) is 3.24. The molecule has 2 atom stereocenters. The molecule has 0 unspecified atom stereocenters. The van der Waals surface area contributed by atoms with Crippen LogP contribution in [0.1, 0.15) is 22.8 Å². The predicted octanol–water partition coefficient (Wildman–Crippen LogP) is 1.64. The Hall–Kier alpha value is -1.59. The molecule has 0 aromatic heterocycles. The van der Waals surface area contributed by atoms with Crippen LogP contribution in [-0.4, -0.2) is 67.8 Å². The molecule has 1 saturated heterocycles. The predicted molar refractivity (Wildman–Crippen MR) is 90.9 cm³/mol. The molecule has 5 nitrogen and oxygen atoms in total. The number of carbonyl (C=O) groups excluding carboxylic acids is 1. The number of carbonyl (C=O) groups is 1. The standard InChI is InChI=1S/C18H28N2O3/c1-5-19(3)9-15-10-20(11-16(15)12-21)18(22)14-6-7-17(23-4)13(2)8-14/h6-8,15-16,21H,5,9-12H2,1-4H3/t15-,16-/m1/s1. The molecule has 1 aliphatic heterocycles. The third-order valence-electron chi connectivity index (χ3n) is 4.83. The van der Waals surface area contributed by atoms with Crippen LogP contribution in [0.2, 0.25) is 0 Å². The van der Waals surface area contributed by atoms with Crippen molar-refractivity contribution in [1.82, 2.24) is 9.80 Å². The van der Waals surface area contributed by atoms with Crippen LogP contribution in [0.4, 0.5) is 0 Å². The van der Waals surface area contributed by atoms with E-state index in [0.29, 0.717) is 24.6 Å². The zero-order valence-corrected chi connectivity index (χ0v) is 14.6. The lowest BCUT2D eigenvalue weighted by molar-refractivity contribution is 0.0779. The number of aliphatic hydroxyl groups is 1. The normalized spacial score (nSPS) is 21.0. The van der Waals surface area contributed by atoms with E-state index in [9.17, 15) is 9.90 Å². The molecule has 128 valence electrons. The summed E-state index contributed by atoms with van der Waals surface area (Å²) >= 11 is 0. The van der Waals surface area contributed by atoms with Gasteiger partial charge in [-0.25, -0.2) is 0 Å². The van der Waals surface area contributed by atoms with Gasteiger partial charge < -0.3 is 19.6 Å². The second-order valence-corrected chi connectivity index (χ2v) is 6.45. The van der Waals surface area contributed by atoms with E-state index < -0.39 is 0 Å². The summed E-state index contributed by atoms with van der Waals surface area (Å²) in [5, 5.41) is 9.63. The Kier molecular flexibility index (Phi) is 6.02. The fraction of sp³-hybridized carbons (Fsp3) is 0.611. The van der Waals surface area contributed by atoms with Crippen molar-refractivity contribution in [2.45, 2.75) is 13.8 Å². The van der Waals surface area contributed by atoms with Crippen LogP contribution in [0, 0.1) is 18.8 Å². The number of aliphatic hydroxyl groups excluding tert-OH is 1. The van der Waals surface area contributed by atoms with E-state index in [0.717, 1.165) is 24.4 Å². The number of methoxy groups -OCH3 is 1. The first-order valence-electron chi connectivity index (χ1n) is 8.23. The van der Waals surface area contributed by atoms with E-state index in [-0.39, 0.29) is 18.4 Å². The lowest BCUT2D eigenvalue weighted by atomic mass is 9.96. The topological polar surface area (TPSA) is 53.0 Å². The number of hydrogen-bond donors (Lipinski definition) is 1. The zero-order valence-electron chi connectivity index (χ0n) is 14.6. The Balaban J connectivity index is 2.09. The quantitative estimate of drug-likeness (QED) is 0.866. The number of hydrogen-bond acceptors (Lipinski definition) is 4. The Labute approximate surface area is 138 Å². The molecule has 1 N–H and O–H groups in total. The molecule has 1 aromatic rings. The molecule has 5 heteroatoms. The van der Waals surface area contributed by atoms with E-state index >= 15 is 0 Å². The molecule has 1 aromatic carbocycles. The lowest BCUT2D eigenvalue weighted by Gasteiger charge is -2.22. The van der Waals surface area contributed by atoms with Gasteiger partial charge in [0.25, 0.3) is 5.91 Å². The van der Waals surface area contributed by atoms with Crippen molar-refractivity contribution in [3.8, 4) is 5.75 Å². The van der Waals surface area contributed by atoms with Crippen LogP contribution in [0.15, 0.2) is 18.2 Å². The van der Waals surface area contributed by atoms with Gasteiger partial charge in [-0.3, -0.25) is 4.79 Å². The second-order valence-electron chi connectivity index (χ2n) is 6.45. The molecule has 0 bridgehead atoms. The third-order valence-corrected chi connectivity index (χ3v) is 4.83. The summed E-state index contributed by atoms with van der Waals surface area (Å²) in [5.74, 6) is 1.31. The molecule has 0 spiro atoms. The van der Waals surface area contributed by atoms with Crippen molar-refractivity contribution in [1.29, 1.82) is 0 Å². The number of likely N-dealkylation sites (tertiary alicyclic amines) is 1. The summed E-state index contributed by atoms with van der Waals surface area (Å²) in [7, 11) is 3.71. The van der Waals surface area contributed by atoms with Crippen molar-refractivity contribution in [3.63, 3.8) is 0 Å². The lowest BCUT2D eigenvalue weighted by Crippen LogP contribution is -2.32. The zero-order chi connectivity index (χ0) is 17.0. The van der Waals surface area contributed by atoms with Gasteiger partial charge in [0.15, 0.2) is 0 Å². The molecule has 0 radical (unpaired) electrons. The van der Waals surface area contributed by atoms with Gasteiger partial charge in [-0.15, -0.1) is 0 Å². The van der Waals surface area contributed by atoms with Crippen LogP contribution >= 0.6 is 0 Å². The van der Waals surface area contributed by atoms with Crippen LogP contribution < -0.4 is 4.74 Å². The summed E-state index contributed by atoms with van der Waals surface area (Å²) < 4.78 is 5.25. The summed E-state index contributed by atoms with van der Waals surface area (Å²) in [4.78, 5) is 16.9. The number of amides is 1. The average Bonchev–Trinajstić information content (AvgIpc) is 2.96. The van der Waals surface area contributed by atoms with Gasteiger partial charge >= 0.3 is 0 Å². The molecule has 1 heterocycles. The molecular weight excluding hydrogens is 292 g/mol. The minimum Gasteiger partial charge on any atom is -0.496 e. The maximum Gasteiger partial charge on any atom is 0.253 e. The summed E-state index contributed by atoms with van der Waals surface area (Å²) in [6.07, 6.45) is 0. The van der Waals surface area contributed by atoms with Gasteiger partial charge in [0, 0.05) is 37.7 Å². The van der Waals surface area contributed by atoms with Crippen molar-refractivity contribution in [2.75, 3.05) is 46.9 Å². The van der Waals surface area contributed by atoms with E-state index in [1.165, 1.54) is 0 Å². The van der Waals surface area contributed by atoms with E-state index in [2.05, 4.69) is 18.9 Å². The van der Waals surface area contributed by atoms with Crippen LogP contribution in [0.3, 0.4) is 0 Å². The summed E-state index contributed by atoms with van der Waals surface area (Å²) in [6, 6.07) is 5.53. The molecule has 0 saturated carbocycles. The molecule has 1 aliphatic rings. The van der Waals surface area contributed by atoms with Crippen molar-refractivity contribution in [3.05, 3.63) is 29.3 Å². The molecule has 0 aliphatic carbocycles. The highest BCUT2D eigenvalue weighted by Crippen LogP contribution is 2.26. The Morgan fingerprint density at radius 2 is 2.09 bits per heavy atom. The highest BCUT2D eigenvalue weighted by Gasteiger charge is 2.35. The van der Waals surface area contributed by atoms with E-state index in [1.807, 2.05) is 30.0 Å². The monoisotopic (exact) mass is 320 g/mol. The smallest absolute Gasteiger partial charge is 0.253 e. The van der Waals surface area contributed by atoms with Crippen molar-refractivity contribution < 1.29 is 14.6 Å². The average molecular weight is 320 g/mol. The number of rotatable bonds is 6.